The van der Waals surface area contributed by atoms with E-state index in [9.17, 15) is 9.59 Å². The zero-order valence-corrected chi connectivity index (χ0v) is 12.7. The lowest BCUT2D eigenvalue weighted by Gasteiger charge is -2.25. The minimum absolute atomic E-state index is 0.142. The number of carbonyl (C=O) groups excluding carboxylic acids is 1. The van der Waals surface area contributed by atoms with Crippen LogP contribution in [-0.2, 0) is 0 Å². The second kappa shape index (κ2) is 6.16. The minimum atomic E-state index is -0.994. The van der Waals surface area contributed by atoms with Crippen LogP contribution >= 0.6 is 0 Å². The zero-order valence-electron chi connectivity index (χ0n) is 12.7. The van der Waals surface area contributed by atoms with Crippen molar-refractivity contribution in [3.63, 3.8) is 0 Å². The predicted molar refractivity (Wildman–Crippen MR) is 81.7 cm³/mol. The fraction of sp³-hybridized carbons (Fsp3) is 0.500. The molecule has 1 aromatic carbocycles. The highest BCUT2D eigenvalue weighted by molar-refractivity contribution is 5.94. The smallest absolute Gasteiger partial charge is 0.335 e. The first-order chi connectivity index (χ1) is 9.88. The predicted octanol–water partition coefficient (Wildman–Crippen LogP) is 3.35. The first kappa shape index (κ1) is 15.4. The molecule has 1 saturated carbocycles. The number of nitrogens with one attached hydrogen (secondary N) is 1. The SMILES string of the molecule is Cc1ccc(C(=O)O)cc1NC(=O)N(CC(C)C)C1CC1. The van der Waals surface area contributed by atoms with Crippen LogP contribution in [0.2, 0.25) is 0 Å². The normalized spacial score (nSPS) is 14.1. The van der Waals surface area contributed by atoms with Crippen LogP contribution in [-0.4, -0.2) is 34.6 Å². The lowest BCUT2D eigenvalue weighted by atomic mass is 10.1. The van der Waals surface area contributed by atoms with Crippen LogP contribution in [0, 0.1) is 12.8 Å². The van der Waals surface area contributed by atoms with Gasteiger partial charge in [0.15, 0.2) is 0 Å². The Kier molecular flexibility index (Phi) is 4.50. The number of carbonyl (C=O) groups is 2. The van der Waals surface area contributed by atoms with E-state index in [1.54, 1.807) is 12.1 Å². The van der Waals surface area contributed by atoms with Crippen LogP contribution in [0.3, 0.4) is 0 Å². The summed E-state index contributed by atoms with van der Waals surface area (Å²) < 4.78 is 0. The van der Waals surface area contributed by atoms with Crippen LogP contribution in [0.15, 0.2) is 18.2 Å². The van der Waals surface area contributed by atoms with Crippen LogP contribution in [0.25, 0.3) is 0 Å². The number of aryl methyl sites for hydroxylation is 1. The summed E-state index contributed by atoms with van der Waals surface area (Å²) in [5.41, 5.74) is 1.60. The van der Waals surface area contributed by atoms with Gasteiger partial charge in [-0.15, -0.1) is 0 Å². The second-order valence-corrected chi connectivity index (χ2v) is 6.04. The number of carboxylic acids is 1. The highest BCUT2D eigenvalue weighted by Crippen LogP contribution is 2.28. The molecule has 2 rings (SSSR count). The summed E-state index contributed by atoms with van der Waals surface area (Å²) in [4.78, 5) is 25.3. The number of carboxylic acid groups (broad SMARTS) is 1. The van der Waals surface area contributed by atoms with Gasteiger partial charge in [0.2, 0.25) is 0 Å². The molecular weight excluding hydrogens is 268 g/mol. The number of nitrogens with zero attached hydrogens (tertiary/aromatic N) is 1. The third-order valence-corrected chi connectivity index (χ3v) is 3.54. The minimum Gasteiger partial charge on any atom is -0.478 e. The Morgan fingerprint density at radius 2 is 2.05 bits per heavy atom. The van der Waals surface area contributed by atoms with Crippen molar-refractivity contribution in [1.29, 1.82) is 0 Å². The third kappa shape index (κ3) is 3.97. The Morgan fingerprint density at radius 3 is 2.57 bits per heavy atom. The van der Waals surface area contributed by atoms with Gasteiger partial charge in [-0.3, -0.25) is 0 Å². The zero-order chi connectivity index (χ0) is 15.6. The van der Waals surface area contributed by atoms with Crippen molar-refractivity contribution in [3.05, 3.63) is 29.3 Å². The van der Waals surface area contributed by atoms with Gasteiger partial charge in [0.1, 0.15) is 0 Å². The number of benzene rings is 1. The Morgan fingerprint density at radius 1 is 1.38 bits per heavy atom. The molecule has 1 aliphatic carbocycles. The van der Waals surface area contributed by atoms with Gasteiger partial charge in [-0.05, 0) is 43.4 Å². The molecule has 1 aromatic rings. The maximum absolute atomic E-state index is 12.4. The highest BCUT2D eigenvalue weighted by atomic mass is 16.4. The molecule has 1 fully saturated rings. The Bertz CT molecular complexity index is 550. The van der Waals surface area contributed by atoms with Crippen molar-refractivity contribution >= 4 is 17.7 Å². The van der Waals surface area contributed by atoms with E-state index in [4.69, 9.17) is 5.11 Å². The number of aromatic carboxylic acids is 1. The van der Waals surface area contributed by atoms with Gasteiger partial charge in [-0.2, -0.15) is 0 Å². The third-order valence-electron chi connectivity index (χ3n) is 3.54. The molecule has 21 heavy (non-hydrogen) atoms. The molecule has 5 nitrogen and oxygen atoms in total. The molecule has 5 heteroatoms. The summed E-state index contributed by atoms with van der Waals surface area (Å²) in [7, 11) is 0. The van der Waals surface area contributed by atoms with E-state index >= 15 is 0 Å². The Hall–Kier alpha value is -2.04. The highest BCUT2D eigenvalue weighted by Gasteiger charge is 2.33. The van der Waals surface area contributed by atoms with E-state index in [0.29, 0.717) is 24.2 Å². The van der Waals surface area contributed by atoms with Crippen molar-refractivity contribution in [2.45, 2.75) is 39.7 Å². The van der Waals surface area contributed by atoms with E-state index in [1.165, 1.54) is 6.07 Å². The lowest BCUT2D eigenvalue weighted by Crippen LogP contribution is -2.39. The van der Waals surface area contributed by atoms with Gasteiger partial charge >= 0.3 is 12.0 Å². The van der Waals surface area contributed by atoms with Crippen molar-refractivity contribution < 1.29 is 14.7 Å². The summed E-state index contributed by atoms with van der Waals surface area (Å²) in [6.07, 6.45) is 2.10. The van der Waals surface area contributed by atoms with E-state index in [2.05, 4.69) is 19.2 Å². The van der Waals surface area contributed by atoms with Gasteiger partial charge < -0.3 is 15.3 Å². The molecular formula is C16H22N2O3. The molecule has 0 heterocycles. The van der Waals surface area contributed by atoms with E-state index in [0.717, 1.165) is 18.4 Å². The van der Waals surface area contributed by atoms with Crippen LogP contribution < -0.4 is 5.32 Å². The van der Waals surface area contributed by atoms with Crippen LogP contribution in [0.4, 0.5) is 10.5 Å². The molecule has 0 atom stereocenters. The quantitative estimate of drug-likeness (QED) is 0.873. The summed E-state index contributed by atoms with van der Waals surface area (Å²) in [5, 5.41) is 11.9. The average molecular weight is 290 g/mol. The molecule has 1 aliphatic rings. The fourth-order valence-electron chi connectivity index (χ4n) is 2.25. The van der Waals surface area contributed by atoms with Crippen molar-refractivity contribution in [2.75, 3.05) is 11.9 Å². The molecule has 0 aliphatic heterocycles. The second-order valence-electron chi connectivity index (χ2n) is 6.04. The number of hydrogen-bond donors (Lipinski definition) is 2. The molecule has 0 bridgehead atoms. The summed E-state index contributed by atoms with van der Waals surface area (Å²) in [5.74, 6) is -0.588. The summed E-state index contributed by atoms with van der Waals surface area (Å²) in [6, 6.07) is 4.95. The average Bonchev–Trinajstić information content (AvgIpc) is 3.22. The van der Waals surface area contributed by atoms with Gasteiger partial charge in [-0.25, -0.2) is 9.59 Å². The molecule has 0 spiro atoms. The molecule has 0 aromatic heterocycles. The molecule has 0 radical (unpaired) electrons. The Balaban J connectivity index is 2.14. The lowest BCUT2D eigenvalue weighted by molar-refractivity contribution is 0.0697. The van der Waals surface area contributed by atoms with Gasteiger partial charge in [0.05, 0.1) is 5.56 Å². The maximum atomic E-state index is 12.4. The van der Waals surface area contributed by atoms with Crippen molar-refractivity contribution in [1.82, 2.24) is 4.90 Å². The van der Waals surface area contributed by atoms with E-state index < -0.39 is 5.97 Å². The summed E-state index contributed by atoms with van der Waals surface area (Å²) >= 11 is 0. The molecule has 2 N–H and O–H groups in total. The molecule has 2 amide bonds. The number of hydrogen-bond acceptors (Lipinski definition) is 2. The topological polar surface area (TPSA) is 69.6 Å². The van der Waals surface area contributed by atoms with E-state index in [1.807, 2.05) is 11.8 Å². The largest absolute Gasteiger partial charge is 0.478 e. The van der Waals surface area contributed by atoms with Crippen molar-refractivity contribution in [2.24, 2.45) is 5.92 Å². The van der Waals surface area contributed by atoms with E-state index in [-0.39, 0.29) is 11.6 Å². The van der Waals surface area contributed by atoms with Crippen LogP contribution in [0.1, 0.15) is 42.6 Å². The van der Waals surface area contributed by atoms with Crippen molar-refractivity contribution in [3.8, 4) is 0 Å². The molecule has 114 valence electrons. The van der Waals surface area contributed by atoms with Gasteiger partial charge in [0.25, 0.3) is 0 Å². The number of urea groups is 1. The maximum Gasteiger partial charge on any atom is 0.335 e. The van der Waals surface area contributed by atoms with Gasteiger partial charge in [-0.1, -0.05) is 19.9 Å². The molecule has 0 saturated heterocycles. The summed E-state index contributed by atoms with van der Waals surface area (Å²) in [6.45, 7) is 6.73. The first-order valence-electron chi connectivity index (χ1n) is 7.30. The molecule has 0 unspecified atom stereocenters. The number of rotatable bonds is 5. The van der Waals surface area contributed by atoms with Crippen LogP contribution in [0.5, 0.6) is 0 Å². The standard InChI is InChI=1S/C16H22N2O3/c1-10(2)9-18(13-6-7-13)16(21)17-14-8-12(15(19)20)5-4-11(14)3/h4-5,8,10,13H,6-7,9H2,1-3H3,(H,17,21)(H,19,20). The fourth-order valence-corrected chi connectivity index (χ4v) is 2.25. The monoisotopic (exact) mass is 290 g/mol. The van der Waals surface area contributed by atoms with Gasteiger partial charge in [0, 0.05) is 18.3 Å². The Labute approximate surface area is 125 Å². The first-order valence-corrected chi connectivity index (χ1v) is 7.30. The number of amides is 2. The number of anilines is 1.